The molecule has 3 aromatic rings. The Bertz CT molecular complexity index is 955. The highest BCUT2D eigenvalue weighted by atomic mass is 16.5. The van der Waals surface area contributed by atoms with Crippen LogP contribution in [-0.2, 0) is 17.7 Å². The van der Waals surface area contributed by atoms with E-state index in [1.165, 1.54) is 0 Å². The first-order valence-corrected chi connectivity index (χ1v) is 10.4. The van der Waals surface area contributed by atoms with Crippen molar-refractivity contribution in [1.29, 1.82) is 0 Å². The summed E-state index contributed by atoms with van der Waals surface area (Å²) in [6.07, 6.45) is 2.90. The molecule has 0 aliphatic carbocycles. The number of oxazole rings is 1. The predicted octanol–water partition coefficient (Wildman–Crippen LogP) is 3.35. The van der Waals surface area contributed by atoms with Crippen LogP contribution in [0.5, 0.6) is 0 Å². The summed E-state index contributed by atoms with van der Waals surface area (Å²) in [4.78, 5) is 16.1. The molecule has 3 aromatic heterocycles. The lowest BCUT2D eigenvalue weighted by Crippen LogP contribution is -2.34. The molecule has 0 radical (unpaired) electrons. The number of hydrogen-bond donors (Lipinski definition) is 0. The van der Waals surface area contributed by atoms with Crippen molar-refractivity contribution in [3.8, 4) is 0 Å². The molecule has 0 saturated carbocycles. The average molecular weight is 399 g/mol. The second kappa shape index (κ2) is 8.49. The lowest BCUT2D eigenvalue weighted by molar-refractivity contribution is 0.181. The summed E-state index contributed by atoms with van der Waals surface area (Å²) in [6, 6.07) is 4.55. The first-order chi connectivity index (χ1) is 14.0. The Labute approximate surface area is 171 Å². The molecule has 156 valence electrons. The van der Waals surface area contributed by atoms with Gasteiger partial charge in [-0.1, -0.05) is 13.8 Å². The maximum atomic E-state index is 5.93. The minimum absolute atomic E-state index is 0.390. The van der Waals surface area contributed by atoms with Gasteiger partial charge in [0.15, 0.2) is 11.4 Å². The van der Waals surface area contributed by atoms with Gasteiger partial charge < -0.3 is 14.1 Å². The van der Waals surface area contributed by atoms with Crippen LogP contribution in [0.2, 0.25) is 0 Å². The third-order valence-corrected chi connectivity index (χ3v) is 5.35. The van der Waals surface area contributed by atoms with Gasteiger partial charge in [-0.3, -0.25) is 0 Å². The maximum Gasteiger partial charge on any atom is 0.299 e. The monoisotopic (exact) mass is 398 g/mol. The van der Waals surface area contributed by atoms with E-state index in [9.17, 15) is 0 Å². The van der Waals surface area contributed by atoms with Gasteiger partial charge in [-0.25, -0.2) is 14.6 Å². The number of piperidine rings is 1. The third kappa shape index (κ3) is 4.42. The van der Waals surface area contributed by atoms with Crippen molar-refractivity contribution in [3.63, 3.8) is 0 Å². The fourth-order valence-corrected chi connectivity index (χ4v) is 3.86. The summed E-state index contributed by atoms with van der Waals surface area (Å²) in [5, 5.41) is 4.75. The molecule has 0 atom stereocenters. The number of pyridine rings is 1. The van der Waals surface area contributed by atoms with E-state index >= 15 is 0 Å². The van der Waals surface area contributed by atoms with Crippen LogP contribution in [0, 0.1) is 12.8 Å². The van der Waals surface area contributed by atoms with Gasteiger partial charge in [-0.15, -0.1) is 0 Å². The molecule has 0 aromatic carbocycles. The van der Waals surface area contributed by atoms with Gasteiger partial charge in [-0.05, 0) is 37.8 Å². The summed E-state index contributed by atoms with van der Waals surface area (Å²) in [7, 11) is 1.72. The number of fused-ring (bicyclic) bond motifs is 1. The molecule has 0 amide bonds. The van der Waals surface area contributed by atoms with Crippen LogP contribution in [0.1, 0.15) is 49.9 Å². The predicted molar refractivity (Wildman–Crippen MR) is 111 cm³/mol. The molecule has 0 N–H and O–H groups in total. The number of methoxy groups -OCH3 is 1. The standard InChI is InChI=1S/C21H30N6O2/c1-14(2)13-18-23-20(27(25-18)11-12-28-4)16-7-9-26(10-8-16)21-24-19-17(29-21)6-5-15(3)22-19/h5-6,14,16H,7-13H2,1-4H3. The third-order valence-electron chi connectivity index (χ3n) is 5.35. The molecule has 1 aliphatic heterocycles. The van der Waals surface area contributed by atoms with E-state index in [2.05, 4.69) is 28.7 Å². The van der Waals surface area contributed by atoms with Crippen LogP contribution in [0.15, 0.2) is 16.5 Å². The second-order valence-electron chi connectivity index (χ2n) is 8.23. The van der Waals surface area contributed by atoms with Gasteiger partial charge in [0.05, 0.1) is 13.2 Å². The summed E-state index contributed by atoms with van der Waals surface area (Å²) in [5.41, 5.74) is 2.37. The van der Waals surface area contributed by atoms with Crippen LogP contribution in [0.25, 0.3) is 11.2 Å². The molecule has 1 saturated heterocycles. The van der Waals surface area contributed by atoms with Crippen molar-refractivity contribution < 1.29 is 9.15 Å². The summed E-state index contributed by atoms with van der Waals surface area (Å²) < 4.78 is 13.2. The molecule has 0 unspecified atom stereocenters. The molecule has 8 nitrogen and oxygen atoms in total. The van der Waals surface area contributed by atoms with E-state index in [-0.39, 0.29) is 0 Å². The highest BCUT2D eigenvalue weighted by Gasteiger charge is 2.28. The van der Waals surface area contributed by atoms with E-state index in [4.69, 9.17) is 19.2 Å². The zero-order valence-electron chi connectivity index (χ0n) is 17.8. The van der Waals surface area contributed by atoms with Crippen molar-refractivity contribution in [1.82, 2.24) is 24.7 Å². The van der Waals surface area contributed by atoms with Crippen LogP contribution in [0.4, 0.5) is 6.01 Å². The number of anilines is 1. The lowest BCUT2D eigenvalue weighted by atomic mass is 9.96. The molecule has 1 fully saturated rings. The quantitative estimate of drug-likeness (QED) is 0.603. The second-order valence-corrected chi connectivity index (χ2v) is 8.23. The summed E-state index contributed by atoms with van der Waals surface area (Å²) in [5.74, 6) is 2.96. The smallest absolute Gasteiger partial charge is 0.299 e. The number of nitrogens with zero attached hydrogens (tertiary/aromatic N) is 6. The van der Waals surface area contributed by atoms with Crippen LogP contribution < -0.4 is 4.90 Å². The largest absolute Gasteiger partial charge is 0.422 e. The van der Waals surface area contributed by atoms with E-state index < -0.39 is 0 Å². The Balaban J connectivity index is 1.47. The van der Waals surface area contributed by atoms with Crippen molar-refractivity contribution in [2.24, 2.45) is 5.92 Å². The molecule has 29 heavy (non-hydrogen) atoms. The normalized spacial score (nSPS) is 15.7. The van der Waals surface area contributed by atoms with E-state index in [1.54, 1.807) is 7.11 Å². The Hall–Kier alpha value is -2.48. The van der Waals surface area contributed by atoms with E-state index in [0.29, 0.717) is 30.1 Å². The number of ether oxygens (including phenoxy) is 1. The van der Waals surface area contributed by atoms with Gasteiger partial charge in [0, 0.05) is 38.2 Å². The van der Waals surface area contributed by atoms with Gasteiger partial charge in [-0.2, -0.15) is 10.1 Å². The van der Waals surface area contributed by atoms with Gasteiger partial charge in [0.2, 0.25) is 5.65 Å². The minimum atomic E-state index is 0.390. The average Bonchev–Trinajstić information content (AvgIpc) is 3.29. The first kappa shape index (κ1) is 19.8. The van der Waals surface area contributed by atoms with Crippen molar-refractivity contribution in [2.75, 3.05) is 31.7 Å². The number of aryl methyl sites for hydroxylation is 1. The van der Waals surface area contributed by atoms with Gasteiger partial charge in [0.1, 0.15) is 5.82 Å². The number of hydrogen-bond acceptors (Lipinski definition) is 7. The Morgan fingerprint density at radius 1 is 1.17 bits per heavy atom. The topological polar surface area (TPSA) is 82.1 Å². The van der Waals surface area contributed by atoms with Gasteiger partial charge >= 0.3 is 0 Å². The van der Waals surface area contributed by atoms with E-state index in [0.717, 1.165) is 61.8 Å². The van der Waals surface area contributed by atoms with Crippen LogP contribution in [0.3, 0.4) is 0 Å². The van der Waals surface area contributed by atoms with Crippen LogP contribution in [-0.4, -0.2) is 51.5 Å². The molecule has 1 aliphatic rings. The van der Waals surface area contributed by atoms with Crippen molar-refractivity contribution in [3.05, 3.63) is 29.5 Å². The number of rotatable bonds is 7. The van der Waals surface area contributed by atoms with Crippen LogP contribution >= 0.6 is 0 Å². The Morgan fingerprint density at radius 2 is 1.97 bits per heavy atom. The summed E-state index contributed by atoms with van der Waals surface area (Å²) >= 11 is 0. The zero-order valence-corrected chi connectivity index (χ0v) is 17.8. The SMILES string of the molecule is COCCn1nc(CC(C)C)nc1C1CCN(c2nc3nc(C)ccc3o2)CC1. The molecule has 0 bridgehead atoms. The lowest BCUT2D eigenvalue weighted by Gasteiger charge is -2.30. The van der Waals surface area contributed by atoms with Crippen molar-refractivity contribution >= 4 is 17.2 Å². The molecular weight excluding hydrogens is 368 g/mol. The molecule has 0 spiro atoms. The van der Waals surface area contributed by atoms with Gasteiger partial charge in [0.25, 0.3) is 6.01 Å². The van der Waals surface area contributed by atoms with Crippen molar-refractivity contribution in [2.45, 2.75) is 52.5 Å². The highest BCUT2D eigenvalue weighted by Crippen LogP contribution is 2.31. The minimum Gasteiger partial charge on any atom is -0.422 e. The highest BCUT2D eigenvalue weighted by molar-refractivity contribution is 5.70. The summed E-state index contributed by atoms with van der Waals surface area (Å²) in [6.45, 7) is 9.52. The Morgan fingerprint density at radius 3 is 2.69 bits per heavy atom. The molecular formula is C21H30N6O2. The Kier molecular flexibility index (Phi) is 5.80. The molecule has 4 rings (SSSR count). The molecule has 4 heterocycles. The zero-order chi connectivity index (χ0) is 20.4. The number of aromatic nitrogens is 5. The fourth-order valence-electron chi connectivity index (χ4n) is 3.86. The first-order valence-electron chi connectivity index (χ1n) is 10.4. The maximum absolute atomic E-state index is 5.93. The van der Waals surface area contributed by atoms with E-state index in [1.807, 2.05) is 23.7 Å². The molecule has 8 heteroatoms. The fraction of sp³-hybridized carbons (Fsp3) is 0.619.